The van der Waals surface area contributed by atoms with E-state index < -0.39 is 0 Å². The summed E-state index contributed by atoms with van der Waals surface area (Å²) in [5, 5.41) is 0. The average molecular weight is 241 g/mol. The Kier molecular flexibility index (Phi) is 7.09. The van der Waals surface area contributed by atoms with Crippen molar-refractivity contribution in [2.24, 2.45) is 5.73 Å². The molecule has 0 radical (unpaired) electrons. The van der Waals surface area contributed by atoms with E-state index in [1.807, 2.05) is 0 Å². The first-order valence-electron chi connectivity index (χ1n) is 7.33. The van der Waals surface area contributed by atoms with Gasteiger partial charge in [0.05, 0.1) is 0 Å². The second kappa shape index (κ2) is 8.06. The fraction of sp³-hybridized carbons (Fsp3) is 1.00. The van der Waals surface area contributed by atoms with Gasteiger partial charge in [-0.2, -0.15) is 0 Å². The van der Waals surface area contributed by atoms with E-state index in [2.05, 4.69) is 30.7 Å². The molecule has 1 fully saturated rings. The van der Waals surface area contributed by atoms with Crippen molar-refractivity contribution in [1.29, 1.82) is 0 Å². The summed E-state index contributed by atoms with van der Waals surface area (Å²) in [6.45, 7) is 8.96. The van der Waals surface area contributed by atoms with Crippen LogP contribution in [0.2, 0.25) is 0 Å². The van der Waals surface area contributed by atoms with E-state index in [4.69, 9.17) is 5.73 Å². The Morgan fingerprint density at radius 1 is 1.24 bits per heavy atom. The molecule has 3 heteroatoms. The number of likely N-dealkylation sites (N-methyl/N-ethyl adjacent to an activating group) is 1. The summed E-state index contributed by atoms with van der Waals surface area (Å²) in [5.74, 6) is 0. The zero-order valence-electron chi connectivity index (χ0n) is 12.0. The largest absolute Gasteiger partial charge is 0.329 e. The Balaban J connectivity index is 2.30. The van der Waals surface area contributed by atoms with Crippen molar-refractivity contribution in [1.82, 2.24) is 9.80 Å². The fourth-order valence-corrected chi connectivity index (χ4v) is 2.85. The maximum Gasteiger partial charge on any atom is 0.0348 e. The van der Waals surface area contributed by atoms with E-state index in [-0.39, 0.29) is 0 Å². The van der Waals surface area contributed by atoms with E-state index in [0.29, 0.717) is 12.1 Å². The van der Waals surface area contributed by atoms with Gasteiger partial charge in [-0.1, -0.05) is 32.6 Å². The van der Waals surface area contributed by atoms with E-state index >= 15 is 0 Å². The summed E-state index contributed by atoms with van der Waals surface area (Å²) in [7, 11) is 2.20. The van der Waals surface area contributed by atoms with E-state index in [1.165, 1.54) is 45.2 Å². The Bertz CT molecular complexity index is 196. The Hall–Kier alpha value is -0.120. The topological polar surface area (TPSA) is 32.5 Å². The number of hydrogen-bond acceptors (Lipinski definition) is 3. The van der Waals surface area contributed by atoms with Crippen molar-refractivity contribution in [3.8, 4) is 0 Å². The van der Waals surface area contributed by atoms with Crippen molar-refractivity contribution in [2.75, 3.05) is 33.2 Å². The molecule has 0 aliphatic carbocycles. The quantitative estimate of drug-likeness (QED) is 0.691. The molecule has 3 nitrogen and oxygen atoms in total. The first-order chi connectivity index (χ1) is 8.19. The van der Waals surface area contributed by atoms with Gasteiger partial charge < -0.3 is 10.6 Å². The van der Waals surface area contributed by atoms with Crippen LogP contribution in [0.4, 0.5) is 0 Å². The van der Waals surface area contributed by atoms with Gasteiger partial charge >= 0.3 is 0 Å². The molecule has 0 amide bonds. The van der Waals surface area contributed by atoms with Crippen molar-refractivity contribution in [2.45, 2.75) is 58.0 Å². The normalized spacial score (nSPS) is 25.1. The second-order valence-corrected chi connectivity index (χ2v) is 5.59. The van der Waals surface area contributed by atoms with Gasteiger partial charge in [-0.15, -0.1) is 0 Å². The summed E-state index contributed by atoms with van der Waals surface area (Å²) in [5.41, 5.74) is 5.90. The monoisotopic (exact) mass is 241 g/mol. The van der Waals surface area contributed by atoms with Gasteiger partial charge in [0, 0.05) is 38.3 Å². The Morgan fingerprint density at radius 2 is 2.00 bits per heavy atom. The molecule has 0 bridgehead atoms. The smallest absolute Gasteiger partial charge is 0.0348 e. The summed E-state index contributed by atoms with van der Waals surface area (Å²) < 4.78 is 0. The third-order valence-corrected chi connectivity index (χ3v) is 4.05. The van der Waals surface area contributed by atoms with Gasteiger partial charge in [0.15, 0.2) is 0 Å². The average Bonchev–Trinajstić information content (AvgIpc) is 2.34. The second-order valence-electron chi connectivity index (χ2n) is 5.59. The van der Waals surface area contributed by atoms with Crippen molar-refractivity contribution >= 4 is 0 Å². The summed E-state index contributed by atoms with van der Waals surface area (Å²) >= 11 is 0. The first kappa shape index (κ1) is 14.9. The minimum absolute atomic E-state index is 0.565. The van der Waals surface area contributed by atoms with Crippen LogP contribution in [0.15, 0.2) is 0 Å². The van der Waals surface area contributed by atoms with Crippen molar-refractivity contribution in [3.05, 3.63) is 0 Å². The van der Waals surface area contributed by atoms with Crippen molar-refractivity contribution < 1.29 is 0 Å². The summed E-state index contributed by atoms with van der Waals surface area (Å²) in [6, 6.07) is 1.27. The molecule has 1 rings (SSSR count). The highest BCUT2D eigenvalue weighted by molar-refractivity contribution is 4.84. The third-order valence-electron chi connectivity index (χ3n) is 4.05. The molecular weight excluding hydrogens is 210 g/mol. The van der Waals surface area contributed by atoms with Crippen LogP contribution >= 0.6 is 0 Å². The van der Waals surface area contributed by atoms with Crippen LogP contribution in [0.3, 0.4) is 0 Å². The fourth-order valence-electron chi connectivity index (χ4n) is 2.85. The van der Waals surface area contributed by atoms with Crippen LogP contribution in [-0.4, -0.2) is 55.1 Å². The first-order valence-corrected chi connectivity index (χ1v) is 7.33. The number of piperazine rings is 1. The van der Waals surface area contributed by atoms with Crippen LogP contribution in [0.5, 0.6) is 0 Å². The minimum atomic E-state index is 0.565. The molecule has 102 valence electrons. The maximum absolute atomic E-state index is 5.90. The van der Waals surface area contributed by atoms with Crippen molar-refractivity contribution in [3.63, 3.8) is 0 Å². The Morgan fingerprint density at radius 3 is 2.65 bits per heavy atom. The van der Waals surface area contributed by atoms with Crippen LogP contribution in [-0.2, 0) is 0 Å². The predicted molar refractivity (Wildman–Crippen MR) is 75.3 cm³/mol. The number of nitrogens with two attached hydrogens (primary N) is 1. The van der Waals surface area contributed by atoms with Crippen LogP contribution < -0.4 is 5.73 Å². The zero-order chi connectivity index (χ0) is 12.7. The molecule has 1 aliphatic heterocycles. The lowest BCUT2D eigenvalue weighted by Crippen LogP contribution is -2.57. The highest BCUT2D eigenvalue weighted by Gasteiger charge is 2.27. The molecule has 0 spiro atoms. The van der Waals surface area contributed by atoms with Gasteiger partial charge in [0.2, 0.25) is 0 Å². The van der Waals surface area contributed by atoms with Crippen LogP contribution in [0, 0.1) is 0 Å². The maximum atomic E-state index is 5.90. The number of rotatable bonds is 7. The predicted octanol–water partition coefficient (Wildman–Crippen LogP) is 1.92. The van der Waals surface area contributed by atoms with Gasteiger partial charge in [-0.25, -0.2) is 0 Å². The highest BCUT2D eigenvalue weighted by Crippen LogP contribution is 2.16. The van der Waals surface area contributed by atoms with Crippen LogP contribution in [0.25, 0.3) is 0 Å². The molecule has 17 heavy (non-hydrogen) atoms. The third kappa shape index (κ3) is 4.94. The molecule has 0 aromatic heterocycles. The Labute approximate surface area is 107 Å². The molecule has 0 aromatic rings. The SMILES string of the molecule is CCCCCCC(C)N1CCN(C)CC1CN. The number of hydrogen-bond donors (Lipinski definition) is 1. The van der Waals surface area contributed by atoms with Gasteiger partial charge in [-0.3, -0.25) is 4.90 Å². The molecule has 1 aliphatic rings. The molecule has 0 saturated carbocycles. The molecular formula is C14H31N3. The van der Waals surface area contributed by atoms with Crippen LogP contribution in [0.1, 0.15) is 46.0 Å². The summed E-state index contributed by atoms with van der Waals surface area (Å²) in [4.78, 5) is 5.03. The highest BCUT2D eigenvalue weighted by atomic mass is 15.3. The lowest BCUT2D eigenvalue weighted by molar-refractivity contribution is 0.0583. The molecule has 0 aromatic carbocycles. The van der Waals surface area contributed by atoms with E-state index in [0.717, 1.165) is 13.1 Å². The van der Waals surface area contributed by atoms with E-state index in [1.54, 1.807) is 0 Å². The number of unbranched alkanes of at least 4 members (excludes halogenated alkanes) is 3. The molecule has 2 N–H and O–H groups in total. The molecule has 1 saturated heterocycles. The summed E-state index contributed by atoms with van der Waals surface area (Å²) in [6.07, 6.45) is 6.81. The van der Waals surface area contributed by atoms with Gasteiger partial charge in [-0.05, 0) is 20.4 Å². The zero-order valence-corrected chi connectivity index (χ0v) is 12.0. The lowest BCUT2D eigenvalue weighted by Gasteiger charge is -2.43. The standard InChI is InChI=1S/C14H31N3/c1-4-5-6-7-8-13(2)17-10-9-16(3)12-14(17)11-15/h13-14H,4-12,15H2,1-3H3. The van der Waals surface area contributed by atoms with E-state index in [9.17, 15) is 0 Å². The minimum Gasteiger partial charge on any atom is -0.329 e. The van der Waals surface area contributed by atoms with Gasteiger partial charge in [0.25, 0.3) is 0 Å². The molecule has 1 heterocycles. The lowest BCUT2D eigenvalue weighted by atomic mass is 10.0. The number of nitrogens with zero attached hydrogens (tertiary/aromatic N) is 2. The molecule has 2 atom stereocenters. The molecule has 2 unspecified atom stereocenters. The van der Waals surface area contributed by atoms with Gasteiger partial charge in [0.1, 0.15) is 0 Å².